The number of hydrogen-bond acceptors (Lipinski definition) is 2. The maximum absolute atomic E-state index is 13.0. The van der Waals surface area contributed by atoms with Crippen LogP contribution in [0.15, 0.2) is 18.2 Å². The lowest BCUT2D eigenvalue weighted by Crippen LogP contribution is -2.59. The van der Waals surface area contributed by atoms with Crippen LogP contribution < -0.4 is 5.32 Å². The summed E-state index contributed by atoms with van der Waals surface area (Å²) in [4.78, 5) is 10.8. The van der Waals surface area contributed by atoms with E-state index in [1.807, 2.05) is 5.32 Å². The van der Waals surface area contributed by atoms with Crippen molar-refractivity contribution in [2.75, 3.05) is 0 Å². The quantitative estimate of drug-likeness (QED) is 0.833. The molecule has 0 aliphatic rings. The molecule has 0 aromatic heterocycles. The van der Waals surface area contributed by atoms with E-state index in [1.54, 1.807) is 6.92 Å². The van der Waals surface area contributed by atoms with E-state index < -0.39 is 30.0 Å². The van der Waals surface area contributed by atoms with Gasteiger partial charge in [-0.1, -0.05) is 6.07 Å². The molecule has 7 heteroatoms. The summed E-state index contributed by atoms with van der Waals surface area (Å²) in [6, 6.07) is 3.66. The monoisotopic (exact) mass is 279 g/mol. The Hall–Kier alpha value is -1.63. The zero-order chi connectivity index (χ0) is 14.8. The van der Waals surface area contributed by atoms with Crippen molar-refractivity contribution in [2.45, 2.75) is 32.1 Å². The summed E-state index contributed by atoms with van der Waals surface area (Å²) >= 11 is 0. The number of carboxylic acid groups (broad SMARTS) is 1. The van der Waals surface area contributed by atoms with E-state index >= 15 is 0 Å². The Bertz CT molecular complexity index is 487. The van der Waals surface area contributed by atoms with Crippen LogP contribution in [-0.2, 0) is 11.3 Å². The first kappa shape index (κ1) is 15.4. The van der Waals surface area contributed by atoms with E-state index in [9.17, 15) is 22.4 Å². The number of benzene rings is 1. The zero-order valence-corrected chi connectivity index (χ0v) is 10.3. The molecule has 0 fully saturated rings. The van der Waals surface area contributed by atoms with Gasteiger partial charge in [0.1, 0.15) is 5.82 Å². The Labute approximate surface area is 107 Å². The van der Waals surface area contributed by atoms with Crippen LogP contribution in [0.1, 0.15) is 18.1 Å². The van der Waals surface area contributed by atoms with Gasteiger partial charge in [0.05, 0.1) is 0 Å². The molecule has 0 amide bonds. The maximum atomic E-state index is 13.0. The van der Waals surface area contributed by atoms with Gasteiger partial charge in [0.15, 0.2) is 0 Å². The lowest BCUT2D eigenvalue weighted by atomic mass is 10.0. The van der Waals surface area contributed by atoms with Gasteiger partial charge in [-0.3, -0.25) is 5.32 Å². The molecule has 1 aromatic carbocycles. The molecular formula is C12H13F4NO2. The van der Waals surface area contributed by atoms with E-state index in [-0.39, 0.29) is 5.56 Å². The van der Waals surface area contributed by atoms with Crippen LogP contribution >= 0.6 is 0 Å². The minimum Gasteiger partial charge on any atom is -0.480 e. The van der Waals surface area contributed by atoms with Crippen LogP contribution in [0.2, 0.25) is 0 Å². The van der Waals surface area contributed by atoms with Gasteiger partial charge in [0, 0.05) is 6.54 Å². The molecule has 1 unspecified atom stereocenters. The fourth-order valence-electron chi connectivity index (χ4n) is 1.40. The van der Waals surface area contributed by atoms with Crippen molar-refractivity contribution in [3.05, 3.63) is 35.1 Å². The molecule has 19 heavy (non-hydrogen) atoms. The Morgan fingerprint density at radius 3 is 2.42 bits per heavy atom. The molecule has 0 bridgehead atoms. The van der Waals surface area contributed by atoms with Crippen molar-refractivity contribution in [3.63, 3.8) is 0 Å². The zero-order valence-electron chi connectivity index (χ0n) is 10.3. The van der Waals surface area contributed by atoms with Crippen molar-refractivity contribution in [1.29, 1.82) is 0 Å². The number of aryl methyl sites for hydroxylation is 1. The molecule has 0 radical (unpaired) electrons. The van der Waals surface area contributed by atoms with Crippen molar-refractivity contribution in [1.82, 2.24) is 5.32 Å². The molecule has 1 aromatic rings. The molecule has 0 aliphatic carbocycles. The molecule has 0 aliphatic heterocycles. The van der Waals surface area contributed by atoms with Gasteiger partial charge in [0.25, 0.3) is 0 Å². The first-order valence-corrected chi connectivity index (χ1v) is 5.38. The standard InChI is InChI=1S/C12H13F4NO2/c1-7-3-4-9(13)5-8(7)6-17-11(2,10(18)19)12(14,15)16/h3-5,17H,6H2,1-2H3,(H,18,19). The van der Waals surface area contributed by atoms with Crippen molar-refractivity contribution in [2.24, 2.45) is 0 Å². The topological polar surface area (TPSA) is 49.3 Å². The number of carboxylic acids is 1. The van der Waals surface area contributed by atoms with E-state index in [0.29, 0.717) is 12.5 Å². The van der Waals surface area contributed by atoms with Crippen molar-refractivity contribution >= 4 is 5.97 Å². The van der Waals surface area contributed by atoms with Gasteiger partial charge in [-0.2, -0.15) is 13.2 Å². The highest BCUT2D eigenvalue weighted by Crippen LogP contribution is 2.30. The van der Waals surface area contributed by atoms with Gasteiger partial charge >= 0.3 is 12.1 Å². The van der Waals surface area contributed by atoms with Crippen LogP contribution in [0.25, 0.3) is 0 Å². The van der Waals surface area contributed by atoms with Gasteiger partial charge in [-0.25, -0.2) is 9.18 Å². The summed E-state index contributed by atoms with van der Waals surface area (Å²) in [5.74, 6) is -2.62. The minimum atomic E-state index is -4.96. The third-order valence-corrected chi connectivity index (χ3v) is 2.94. The molecule has 3 nitrogen and oxygen atoms in total. The molecule has 2 N–H and O–H groups in total. The summed E-state index contributed by atoms with van der Waals surface area (Å²) in [5.41, 5.74) is -2.23. The predicted molar refractivity (Wildman–Crippen MR) is 60.1 cm³/mol. The van der Waals surface area contributed by atoms with Crippen molar-refractivity contribution in [3.8, 4) is 0 Å². The van der Waals surface area contributed by atoms with E-state index in [2.05, 4.69) is 0 Å². The summed E-state index contributed by atoms with van der Waals surface area (Å²) in [6.07, 6.45) is -4.96. The van der Waals surface area contributed by atoms with Crippen LogP contribution in [0.5, 0.6) is 0 Å². The van der Waals surface area contributed by atoms with Crippen LogP contribution in [0.3, 0.4) is 0 Å². The smallest absolute Gasteiger partial charge is 0.417 e. The average molecular weight is 279 g/mol. The summed E-state index contributed by atoms with van der Waals surface area (Å²) in [5, 5.41) is 10.6. The molecule has 0 spiro atoms. The van der Waals surface area contributed by atoms with Crippen LogP contribution in [0, 0.1) is 12.7 Å². The number of nitrogens with one attached hydrogen (secondary N) is 1. The predicted octanol–water partition coefficient (Wildman–Crippen LogP) is 2.63. The van der Waals surface area contributed by atoms with Crippen LogP contribution in [0.4, 0.5) is 17.6 Å². The van der Waals surface area contributed by atoms with E-state index in [1.165, 1.54) is 12.1 Å². The molecular weight excluding hydrogens is 266 g/mol. The lowest BCUT2D eigenvalue weighted by Gasteiger charge is -2.29. The first-order chi connectivity index (χ1) is 8.58. The summed E-state index contributed by atoms with van der Waals surface area (Å²) in [7, 11) is 0. The summed E-state index contributed by atoms with van der Waals surface area (Å²) < 4.78 is 51.2. The second-order valence-electron chi connectivity index (χ2n) is 4.35. The Morgan fingerprint density at radius 2 is 1.95 bits per heavy atom. The van der Waals surface area contributed by atoms with Gasteiger partial charge < -0.3 is 5.11 Å². The fraction of sp³-hybridized carbons (Fsp3) is 0.417. The Balaban J connectivity index is 2.95. The molecule has 1 rings (SSSR count). The first-order valence-electron chi connectivity index (χ1n) is 5.38. The van der Waals surface area contributed by atoms with Gasteiger partial charge in [-0.15, -0.1) is 0 Å². The highest BCUT2D eigenvalue weighted by Gasteiger charge is 2.57. The second kappa shape index (κ2) is 5.16. The number of halogens is 4. The molecule has 0 heterocycles. The van der Waals surface area contributed by atoms with E-state index in [0.717, 1.165) is 6.07 Å². The Morgan fingerprint density at radius 1 is 1.37 bits per heavy atom. The minimum absolute atomic E-state index is 0.275. The molecule has 0 saturated heterocycles. The number of hydrogen-bond donors (Lipinski definition) is 2. The SMILES string of the molecule is Cc1ccc(F)cc1CNC(C)(C(=O)O)C(F)(F)F. The van der Waals surface area contributed by atoms with Gasteiger partial charge in [0.2, 0.25) is 5.54 Å². The molecule has 0 saturated carbocycles. The number of carbonyl (C=O) groups is 1. The fourth-order valence-corrected chi connectivity index (χ4v) is 1.40. The van der Waals surface area contributed by atoms with E-state index in [4.69, 9.17) is 5.11 Å². The van der Waals surface area contributed by atoms with Gasteiger partial charge in [-0.05, 0) is 37.1 Å². The summed E-state index contributed by atoms with van der Waals surface area (Å²) in [6.45, 7) is 1.73. The third-order valence-electron chi connectivity index (χ3n) is 2.94. The largest absolute Gasteiger partial charge is 0.480 e. The highest BCUT2D eigenvalue weighted by molar-refractivity contribution is 5.79. The number of alkyl halides is 3. The normalized spacial score (nSPS) is 15.1. The molecule has 1 atom stereocenters. The number of aliphatic carboxylic acids is 1. The maximum Gasteiger partial charge on any atom is 0.417 e. The second-order valence-corrected chi connectivity index (χ2v) is 4.35. The number of rotatable bonds is 4. The van der Waals surface area contributed by atoms with Crippen molar-refractivity contribution < 1.29 is 27.5 Å². The molecule has 106 valence electrons. The third kappa shape index (κ3) is 3.23. The highest BCUT2D eigenvalue weighted by atomic mass is 19.4. The average Bonchev–Trinajstić information content (AvgIpc) is 2.28. The Kier molecular flexibility index (Phi) is 4.19. The lowest BCUT2D eigenvalue weighted by molar-refractivity contribution is -0.206. The van der Waals surface area contributed by atoms with Crippen LogP contribution in [-0.4, -0.2) is 22.8 Å².